The SMILES string of the molecule is N#CCS(=O)(=O)c1ccccc1F.[NaH]. The van der Waals surface area contributed by atoms with E-state index in [9.17, 15) is 12.8 Å². The molecule has 0 aromatic heterocycles. The van der Waals surface area contributed by atoms with Crippen LogP contribution in [0.4, 0.5) is 4.39 Å². The molecule has 1 rings (SSSR count). The van der Waals surface area contributed by atoms with Crippen LogP contribution in [0.15, 0.2) is 29.2 Å². The summed E-state index contributed by atoms with van der Waals surface area (Å²) in [5.74, 6) is -1.52. The van der Waals surface area contributed by atoms with Gasteiger partial charge in [-0.1, -0.05) is 12.1 Å². The van der Waals surface area contributed by atoms with Crippen molar-refractivity contribution in [2.24, 2.45) is 0 Å². The Morgan fingerprint density at radius 1 is 1.36 bits per heavy atom. The molecular formula is C8H7FNNaO2S. The molecule has 0 aliphatic carbocycles. The van der Waals surface area contributed by atoms with Crippen LogP contribution in [0.1, 0.15) is 0 Å². The summed E-state index contributed by atoms with van der Waals surface area (Å²) in [4.78, 5) is -0.420. The van der Waals surface area contributed by atoms with Crippen molar-refractivity contribution >= 4 is 39.4 Å². The summed E-state index contributed by atoms with van der Waals surface area (Å²) in [7, 11) is -3.78. The van der Waals surface area contributed by atoms with Gasteiger partial charge in [-0.3, -0.25) is 0 Å². The zero-order valence-electron chi connectivity index (χ0n) is 6.57. The number of nitrogens with zero attached hydrogens (tertiary/aromatic N) is 1. The molecule has 0 aliphatic rings. The molecular weight excluding hydrogens is 216 g/mol. The van der Waals surface area contributed by atoms with E-state index in [1.807, 2.05) is 0 Å². The predicted octanol–water partition coefficient (Wildman–Crippen LogP) is 0.474. The van der Waals surface area contributed by atoms with E-state index in [0.717, 1.165) is 12.1 Å². The van der Waals surface area contributed by atoms with Gasteiger partial charge in [-0.2, -0.15) is 5.26 Å². The summed E-state index contributed by atoms with van der Waals surface area (Å²) < 4.78 is 35.3. The Morgan fingerprint density at radius 2 is 1.93 bits per heavy atom. The van der Waals surface area contributed by atoms with E-state index < -0.39 is 26.3 Å². The Balaban J connectivity index is 0.00000169. The van der Waals surface area contributed by atoms with E-state index in [-0.39, 0.29) is 29.6 Å². The number of hydrogen-bond acceptors (Lipinski definition) is 3. The Morgan fingerprint density at radius 3 is 2.43 bits per heavy atom. The van der Waals surface area contributed by atoms with E-state index in [0.29, 0.717) is 0 Å². The Bertz CT molecular complexity index is 453. The number of sulfone groups is 1. The van der Waals surface area contributed by atoms with Gasteiger partial charge in [0, 0.05) is 0 Å². The third kappa shape index (κ3) is 3.07. The van der Waals surface area contributed by atoms with Crippen LogP contribution < -0.4 is 0 Å². The van der Waals surface area contributed by atoms with Crippen molar-refractivity contribution in [1.82, 2.24) is 0 Å². The molecule has 1 aromatic rings. The van der Waals surface area contributed by atoms with Crippen LogP contribution >= 0.6 is 0 Å². The molecule has 0 amide bonds. The first-order valence-corrected chi connectivity index (χ1v) is 5.07. The fourth-order valence-corrected chi connectivity index (χ4v) is 1.84. The maximum absolute atomic E-state index is 12.9. The van der Waals surface area contributed by atoms with Crippen molar-refractivity contribution in [2.45, 2.75) is 4.90 Å². The number of benzene rings is 1. The van der Waals surface area contributed by atoms with E-state index in [1.165, 1.54) is 18.2 Å². The van der Waals surface area contributed by atoms with Crippen molar-refractivity contribution in [3.8, 4) is 6.07 Å². The summed E-state index contributed by atoms with van der Waals surface area (Å²) in [5.41, 5.74) is 0. The fraction of sp³-hybridized carbons (Fsp3) is 0.125. The van der Waals surface area contributed by atoms with Gasteiger partial charge in [0.15, 0.2) is 9.84 Å². The molecule has 0 saturated carbocycles. The second-order valence-corrected chi connectivity index (χ2v) is 4.31. The maximum atomic E-state index is 12.9. The number of hydrogen-bond donors (Lipinski definition) is 0. The molecule has 0 N–H and O–H groups in total. The molecule has 0 heterocycles. The van der Waals surface area contributed by atoms with Gasteiger partial charge in [0.25, 0.3) is 0 Å². The Labute approximate surface area is 104 Å². The molecule has 3 nitrogen and oxygen atoms in total. The molecule has 0 atom stereocenters. The van der Waals surface area contributed by atoms with Gasteiger partial charge < -0.3 is 0 Å². The van der Waals surface area contributed by atoms with Gasteiger partial charge >= 0.3 is 29.6 Å². The molecule has 0 saturated heterocycles. The zero-order chi connectivity index (χ0) is 9.90. The molecule has 1 aromatic carbocycles. The monoisotopic (exact) mass is 223 g/mol. The third-order valence-corrected chi connectivity index (χ3v) is 2.94. The van der Waals surface area contributed by atoms with Crippen molar-refractivity contribution in [2.75, 3.05) is 5.75 Å². The fourth-order valence-electron chi connectivity index (χ4n) is 0.860. The number of halogens is 1. The van der Waals surface area contributed by atoms with Crippen LogP contribution in [0.5, 0.6) is 0 Å². The second-order valence-electron chi connectivity index (χ2n) is 2.35. The van der Waals surface area contributed by atoms with E-state index in [1.54, 1.807) is 0 Å². The van der Waals surface area contributed by atoms with Gasteiger partial charge in [0.1, 0.15) is 16.5 Å². The first kappa shape index (κ1) is 13.6. The first-order valence-electron chi connectivity index (χ1n) is 3.42. The van der Waals surface area contributed by atoms with Crippen LogP contribution in [0.2, 0.25) is 0 Å². The second kappa shape index (κ2) is 5.47. The van der Waals surface area contributed by atoms with Crippen molar-refractivity contribution < 1.29 is 12.8 Å². The molecule has 0 spiro atoms. The van der Waals surface area contributed by atoms with Crippen molar-refractivity contribution in [3.63, 3.8) is 0 Å². The molecule has 0 bridgehead atoms. The van der Waals surface area contributed by atoms with Crippen molar-refractivity contribution in [1.29, 1.82) is 5.26 Å². The van der Waals surface area contributed by atoms with Gasteiger partial charge in [-0.05, 0) is 12.1 Å². The van der Waals surface area contributed by atoms with E-state index in [4.69, 9.17) is 5.26 Å². The molecule has 0 fully saturated rings. The average Bonchev–Trinajstić information content (AvgIpc) is 2.04. The summed E-state index contributed by atoms with van der Waals surface area (Å²) in [6.45, 7) is 0. The van der Waals surface area contributed by atoms with Crippen molar-refractivity contribution in [3.05, 3.63) is 30.1 Å². The standard InChI is InChI=1S/C8H6FNO2S.Na.H/c9-7-3-1-2-4-8(7)13(11,12)6-5-10;;/h1-4H,6H2;;. The van der Waals surface area contributed by atoms with E-state index >= 15 is 0 Å². The van der Waals surface area contributed by atoms with E-state index in [2.05, 4.69) is 0 Å². The zero-order valence-corrected chi connectivity index (χ0v) is 7.38. The summed E-state index contributed by atoms with van der Waals surface area (Å²) >= 11 is 0. The summed E-state index contributed by atoms with van der Waals surface area (Å²) in [5, 5.41) is 8.20. The van der Waals surface area contributed by atoms with Crippen LogP contribution in [0, 0.1) is 17.1 Å². The summed E-state index contributed by atoms with van der Waals surface area (Å²) in [6.07, 6.45) is 0. The third-order valence-electron chi connectivity index (χ3n) is 1.43. The number of nitriles is 1. The minimum absolute atomic E-state index is 0. The molecule has 0 unspecified atom stereocenters. The number of rotatable bonds is 2. The topological polar surface area (TPSA) is 57.9 Å². The summed E-state index contributed by atoms with van der Waals surface area (Å²) in [6, 6.07) is 6.47. The molecule has 6 heteroatoms. The van der Waals surface area contributed by atoms with Crippen LogP contribution in [-0.2, 0) is 9.84 Å². The Hall–Kier alpha value is -0.410. The molecule has 0 aliphatic heterocycles. The van der Waals surface area contributed by atoms with Crippen LogP contribution in [-0.4, -0.2) is 43.7 Å². The quantitative estimate of drug-likeness (QED) is 0.685. The minimum atomic E-state index is -3.78. The van der Waals surface area contributed by atoms with Gasteiger partial charge in [-0.15, -0.1) is 0 Å². The predicted molar refractivity (Wildman–Crippen MR) is 51.2 cm³/mol. The Kier molecular flexibility index (Phi) is 5.31. The van der Waals surface area contributed by atoms with Crippen LogP contribution in [0.25, 0.3) is 0 Å². The molecule has 0 radical (unpaired) electrons. The van der Waals surface area contributed by atoms with Gasteiger partial charge in [0.05, 0.1) is 6.07 Å². The van der Waals surface area contributed by atoms with Gasteiger partial charge in [-0.25, -0.2) is 12.8 Å². The molecule has 14 heavy (non-hydrogen) atoms. The first-order chi connectivity index (χ1) is 6.08. The molecule has 70 valence electrons. The van der Waals surface area contributed by atoms with Crippen LogP contribution in [0.3, 0.4) is 0 Å². The van der Waals surface area contributed by atoms with Gasteiger partial charge in [0.2, 0.25) is 0 Å². The normalized spacial score (nSPS) is 10.0. The average molecular weight is 223 g/mol.